The number of benzene rings is 1. The van der Waals surface area contributed by atoms with Crippen LogP contribution in [0.2, 0.25) is 0 Å². The lowest BCUT2D eigenvalue weighted by Gasteiger charge is -2.12. The van der Waals surface area contributed by atoms with E-state index in [2.05, 4.69) is 10.3 Å². The molecule has 4 heteroatoms. The summed E-state index contributed by atoms with van der Waals surface area (Å²) in [5, 5.41) is 15.8. The second-order valence-corrected chi connectivity index (χ2v) is 4.85. The fraction of sp³-hybridized carbons (Fsp3) is 0.250. The summed E-state index contributed by atoms with van der Waals surface area (Å²) in [6.07, 6.45) is 3.89. The number of phenols is 1. The van der Waals surface area contributed by atoms with E-state index < -0.39 is 0 Å². The van der Waals surface area contributed by atoms with Crippen LogP contribution >= 0.6 is 11.3 Å². The Morgan fingerprint density at radius 1 is 1.44 bits per heavy atom. The topological polar surface area (TPSA) is 45.1 Å². The number of hydrogen-bond donors (Lipinski definition) is 2. The smallest absolute Gasteiger partial charge is 0.183 e. The van der Waals surface area contributed by atoms with Gasteiger partial charge in [0.05, 0.1) is 6.04 Å². The molecule has 0 spiro atoms. The molecule has 1 aliphatic carbocycles. The molecule has 0 aliphatic heterocycles. The van der Waals surface area contributed by atoms with Gasteiger partial charge in [-0.15, -0.1) is 11.3 Å². The van der Waals surface area contributed by atoms with Crippen molar-refractivity contribution in [2.45, 2.75) is 18.9 Å². The molecular weight excluding hydrogens is 220 g/mol. The summed E-state index contributed by atoms with van der Waals surface area (Å²) in [6, 6.07) is 5.95. The first-order valence-electron chi connectivity index (χ1n) is 5.31. The number of hydrogen-bond acceptors (Lipinski definition) is 4. The number of nitrogens with one attached hydrogen (secondary N) is 1. The molecule has 0 bridgehead atoms. The van der Waals surface area contributed by atoms with Crippen molar-refractivity contribution in [1.29, 1.82) is 0 Å². The van der Waals surface area contributed by atoms with E-state index in [-0.39, 0.29) is 0 Å². The van der Waals surface area contributed by atoms with E-state index in [1.54, 1.807) is 23.6 Å². The van der Waals surface area contributed by atoms with Gasteiger partial charge in [0.15, 0.2) is 5.13 Å². The first-order valence-corrected chi connectivity index (χ1v) is 6.19. The molecule has 1 unspecified atom stereocenters. The quantitative estimate of drug-likeness (QED) is 0.836. The van der Waals surface area contributed by atoms with Crippen LogP contribution in [0.5, 0.6) is 5.75 Å². The Labute approximate surface area is 97.8 Å². The van der Waals surface area contributed by atoms with Crippen molar-refractivity contribution < 1.29 is 5.11 Å². The largest absolute Gasteiger partial charge is 0.508 e. The molecule has 2 N–H and O–H groups in total. The molecule has 0 radical (unpaired) electrons. The second kappa shape index (κ2) is 3.79. The Balaban J connectivity index is 1.86. The first-order chi connectivity index (χ1) is 7.83. The van der Waals surface area contributed by atoms with E-state index in [0.29, 0.717) is 11.8 Å². The Morgan fingerprint density at radius 3 is 3.19 bits per heavy atom. The van der Waals surface area contributed by atoms with E-state index in [1.165, 1.54) is 11.1 Å². The number of rotatable bonds is 2. The lowest BCUT2D eigenvalue weighted by molar-refractivity contribution is 0.474. The van der Waals surface area contributed by atoms with Crippen molar-refractivity contribution >= 4 is 16.5 Å². The molecule has 0 saturated heterocycles. The maximum atomic E-state index is 9.41. The lowest BCUT2D eigenvalue weighted by Crippen LogP contribution is -2.06. The van der Waals surface area contributed by atoms with Gasteiger partial charge in [-0.05, 0) is 36.1 Å². The Bertz CT molecular complexity index is 496. The summed E-state index contributed by atoms with van der Waals surface area (Å²) in [5.41, 5.74) is 2.53. The van der Waals surface area contributed by atoms with Crippen LogP contribution in [0.15, 0.2) is 29.8 Å². The van der Waals surface area contributed by atoms with Gasteiger partial charge in [-0.25, -0.2) is 4.98 Å². The maximum absolute atomic E-state index is 9.41. The van der Waals surface area contributed by atoms with Crippen molar-refractivity contribution in [2.24, 2.45) is 0 Å². The summed E-state index contributed by atoms with van der Waals surface area (Å²) in [7, 11) is 0. The van der Waals surface area contributed by atoms with Crippen molar-refractivity contribution in [3.05, 3.63) is 40.9 Å². The lowest BCUT2D eigenvalue weighted by atomic mass is 10.1. The van der Waals surface area contributed by atoms with Gasteiger partial charge >= 0.3 is 0 Å². The van der Waals surface area contributed by atoms with Crippen LogP contribution in [0.3, 0.4) is 0 Å². The third-order valence-electron chi connectivity index (χ3n) is 2.93. The summed E-state index contributed by atoms with van der Waals surface area (Å²) < 4.78 is 0. The zero-order chi connectivity index (χ0) is 11.0. The van der Waals surface area contributed by atoms with Gasteiger partial charge < -0.3 is 10.4 Å². The summed E-state index contributed by atoms with van der Waals surface area (Å²) in [5.74, 6) is 0.355. The highest BCUT2D eigenvalue weighted by atomic mass is 32.1. The number of aromatic nitrogens is 1. The molecular formula is C12H12N2OS. The van der Waals surface area contributed by atoms with Gasteiger partial charge in [-0.2, -0.15) is 0 Å². The fourth-order valence-corrected chi connectivity index (χ4v) is 2.78. The third-order valence-corrected chi connectivity index (χ3v) is 3.64. The average Bonchev–Trinajstić information content (AvgIpc) is 2.89. The van der Waals surface area contributed by atoms with Gasteiger partial charge in [0, 0.05) is 11.6 Å². The zero-order valence-electron chi connectivity index (χ0n) is 8.68. The zero-order valence-corrected chi connectivity index (χ0v) is 9.50. The SMILES string of the molecule is Oc1ccc2c(c1)CCC2Nc1nccs1. The number of aromatic hydroxyl groups is 1. The highest BCUT2D eigenvalue weighted by molar-refractivity contribution is 7.13. The highest BCUT2D eigenvalue weighted by Crippen LogP contribution is 2.35. The van der Waals surface area contributed by atoms with Gasteiger partial charge in [-0.1, -0.05) is 6.07 Å². The third kappa shape index (κ3) is 1.65. The molecule has 3 rings (SSSR count). The number of thiazole rings is 1. The monoisotopic (exact) mass is 232 g/mol. The van der Waals surface area contributed by atoms with E-state index in [0.717, 1.165) is 18.0 Å². The standard InChI is InChI=1S/C12H12N2OS/c15-9-2-3-10-8(7-9)1-4-11(10)14-12-13-5-6-16-12/h2-3,5-7,11,15H,1,4H2,(H,13,14). The Kier molecular flexibility index (Phi) is 2.29. The molecule has 0 fully saturated rings. The number of fused-ring (bicyclic) bond motifs is 1. The van der Waals surface area contributed by atoms with E-state index in [1.807, 2.05) is 17.5 Å². The normalized spacial score (nSPS) is 18.4. The van der Waals surface area contributed by atoms with Crippen LogP contribution in [0, 0.1) is 0 Å². The van der Waals surface area contributed by atoms with Gasteiger partial charge in [-0.3, -0.25) is 0 Å². The molecule has 1 atom stereocenters. The van der Waals surface area contributed by atoms with Crippen LogP contribution in [0.4, 0.5) is 5.13 Å². The van der Waals surface area contributed by atoms with Crippen molar-refractivity contribution in [3.8, 4) is 5.75 Å². The maximum Gasteiger partial charge on any atom is 0.183 e. The molecule has 1 aromatic heterocycles. The van der Waals surface area contributed by atoms with Gasteiger partial charge in [0.25, 0.3) is 0 Å². The summed E-state index contributed by atoms with van der Waals surface area (Å²) in [4.78, 5) is 4.23. The van der Waals surface area contributed by atoms with Crippen molar-refractivity contribution in [1.82, 2.24) is 4.98 Å². The van der Waals surface area contributed by atoms with Crippen LogP contribution in [0.1, 0.15) is 23.6 Å². The number of phenolic OH excluding ortho intramolecular Hbond substituents is 1. The molecule has 1 heterocycles. The van der Waals surface area contributed by atoms with E-state index in [9.17, 15) is 5.11 Å². The predicted molar refractivity (Wildman–Crippen MR) is 64.9 cm³/mol. The van der Waals surface area contributed by atoms with E-state index >= 15 is 0 Å². The molecule has 2 aromatic rings. The van der Waals surface area contributed by atoms with Crippen LogP contribution < -0.4 is 5.32 Å². The van der Waals surface area contributed by atoms with Gasteiger partial charge in [0.1, 0.15) is 5.75 Å². The fourth-order valence-electron chi connectivity index (χ4n) is 2.20. The highest BCUT2D eigenvalue weighted by Gasteiger charge is 2.22. The molecule has 1 aromatic carbocycles. The second-order valence-electron chi connectivity index (χ2n) is 3.96. The molecule has 0 saturated carbocycles. The van der Waals surface area contributed by atoms with E-state index in [4.69, 9.17) is 0 Å². The van der Waals surface area contributed by atoms with Gasteiger partial charge in [0.2, 0.25) is 0 Å². The minimum absolute atomic E-state index is 0.335. The van der Waals surface area contributed by atoms with Crippen LogP contribution in [-0.2, 0) is 6.42 Å². The van der Waals surface area contributed by atoms with Crippen molar-refractivity contribution in [2.75, 3.05) is 5.32 Å². The number of anilines is 1. The van der Waals surface area contributed by atoms with Crippen LogP contribution in [0.25, 0.3) is 0 Å². The molecule has 16 heavy (non-hydrogen) atoms. The number of aryl methyl sites for hydroxylation is 1. The summed E-state index contributed by atoms with van der Waals surface area (Å²) in [6.45, 7) is 0. The minimum Gasteiger partial charge on any atom is -0.508 e. The summed E-state index contributed by atoms with van der Waals surface area (Å²) >= 11 is 1.62. The molecule has 1 aliphatic rings. The molecule has 3 nitrogen and oxygen atoms in total. The average molecular weight is 232 g/mol. The number of nitrogens with zero attached hydrogens (tertiary/aromatic N) is 1. The first kappa shape index (κ1) is 9.66. The Morgan fingerprint density at radius 2 is 2.38 bits per heavy atom. The van der Waals surface area contributed by atoms with Crippen LogP contribution in [-0.4, -0.2) is 10.1 Å². The Hall–Kier alpha value is -1.55. The molecule has 82 valence electrons. The molecule has 0 amide bonds. The predicted octanol–water partition coefficient (Wildman–Crippen LogP) is 2.95. The van der Waals surface area contributed by atoms with Crippen molar-refractivity contribution in [3.63, 3.8) is 0 Å². The minimum atomic E-state index is 0.335.